The molecule has 0 unspecified atom stereocenters. The minimum absolute atomic E-state index is 0.183. The molecule has 1 radical (unpaired) electrons. The van der Waals surface area contributed by atoms with Crippen LogP contribution in [0.5, 0.6) is 5.95 Å². The summed E-state index contributed by atoms with van der Waals surface area (Å²) in [6, 6.07) is 3.04. The van der Waals surface area contributed by atoms with Gasteiger partial charge in [0, 0.05) is 13.0 Å². The molecule has 0 saturated heterocycles. The molecular weight excluding hydrogens is 120 g/mol. The molecule has 3 nitrogen and oxygen atoms in total. The van der Waals surface area contributed by atoms with E-state index in [1.54, 1.807) is 0 Å². The summed E-state index contributed by atoms with van der Waals surface area (Å²) in [4.78, 5) is 10.2. The number of hydrogen-bond acceptors (Lipinski definition) is 3. The van der Waals surface area contributed by atoms with E-state index >= 15 is 0 Å². The van der Waals surface area contributed by atoms with E-state index < -0.39 is 5.97 Å². The van der Waals surface area contributed by atoms with E-state index in [1.807, 2.05) is 0 Å². The summed E-state index contributed by atoms with van der Waals surface area (Å²) in [5.74, 6) is -0.208. The van der Waals surface area contributed by atoms with Crippen molar-refractivity contribution in [1.29, 1.82) is 0 Å². The van der Waals surface area contributed by atoms with E-state index in [4.69, 9.17) is 0 Å². The molecule has 0 aliphatic heterocycles. The molecule has 0 bridgehead atoms. The Morgan fingerprint density at radius 3 is 3.11 bits per heavy atom. The highest BCUT2D eigenvalue weighted by atomic mass is 16.6. The lowest BCUT2D eigenvalue weighted by atomic mass is 10.6. The van der Waals surface area contributed by atoms with Crippen LogP contribution < -0.4 is 4.74 Å². The summed E-state index contributed by atoms with van der Waals surface area (Å²) in [6.45, 7) is 1.31. The van der Waals surface area contributed by atoms with Crippen LogP contribution in [0.15, 0.2) is 16.5 Å². The van der Waals surface area contributed by atoms with Crippen molar-refractivity contribution in [3.63, 3.8) is 0 Å². The lowest BCUT2D eigenvalue weighted by molar-refractivity contribution is -0.133. The van der Waals surface area contributed by atoms with E-state index in [9.17, 15) is 4.79 Å². The molecule has 0 spiro atoms. The van der Waals surface area contributed by atoms with Crippen molar-refractivity contribution in [2.45, 2.75) is 6.92 Å². The Kier molecular flexibility index (Phi) is 1.53. The maximum absolute atomic E-state index is 10.2. The zero-order valence-electron chi connectivity index (χ0n) is 4.88. The van der Waals surface area contributed by atoms with Crippen LogP contribution >= 0.6 is 0 Å². The van der Waals surface area contributed by atoms with E-state index in [-0.39, 0.29) is 5.95 Å². The van der Waals surface area contributed by atoms with Crippen LogP contribution in [0.4, 0.5) is 0 Å². The fourth-order valence-corrected chi connectivity index (χ4v) is 0.425. The van der Waals surface area contributed by atoms with Crippen LogP contribution in [0, 0.1) is 6.26 Å². The third-order valence-corrected chi connectivity index (χ3v) is 0.691. The Morgan fingerprint density at radius 2 is 2.67 bits per heavy atom. The molecule has 0 aliphatic rings. The van der Waals surface area contributed by atoms with Crippen LogP contribution in [0.2, 0.25) is 0 Å². The highest BCUT2D eigenvalue weighted by Crippen LogP contribution is 2.08. The Labute approximate surface area is 52.2 Å². The van der Waals surface area contributed by atoms with Crippen molar-refractivity contribution >= 4 is 5.97 Å². The van der Waals surface area contributed by atoms with E-state index in [2.05, 4.69) is 15.4 Å². The number of ether oxygens (including phenoxy) is 1. The summed E-state index contributed by atoms with van der Waals surface area (Å²) in [5, 5.41) is 0. The lowest BCUT2D eigenvalue weighted by Gasteiger charge is -1.90. The average molecular weight is 125 g/mol. The Hall–Kier alpha value is -1.25. The molecule has 0 amide bonds. The second-order valence-corrected chi connectivity index (χ2v) is 1.47. The minimum Gasteiger partial charge on any atom is -0.422 e. The number of carbonyl (C=O) groups is 1. The molecule has 0 aliphatic carbocycles. The first-order valence-electron chi connectivity index (χ1n) is 2.43. The van der Waals surface area contributed by atoms with E-state index in [0.29, 0.717) is 0 Å². The average Bonchev–Trinajstić information content (AvgIpc) is 2.15. The van der Waals surface area contributed by atoms with Crippen molar-refractivity contribution < 1.29 is 13.9 Å². The third-order valence-electron chi connectivity index (χ3n) is 0.691. The van der Waals surface area contributed by atoms with Gasteiger partial charge in [0.25, 0.3) is 5.95 Å². The Morgan fingerprint density at radius 1 is 1.89 bits per heavy atom. The molecule has 0 aromatic carbocycles. The van der Waals surface area contributed by atoms with Gasteiger partial charge in [-0.15, -0.1) is 0 Å². The van der Waals surface area contributed by atoms with Gasteiger partial charge in [0.05, 0.1) is 0 Å². The molecule has 1 rings (SSSR count). The summed E-state index contributed by atoms with van der Waals surface area (Å²) in [6.07, 6.45) is 2.38. The smallest absolute Gasteiger partial charge is 0.310 e. The van der Waals surface area contributed by atoms with Gasteiger partial charge in [0.1, 0.15) is 0 Å². The molecule has 3 heteroatoms. The first-order chi connectivity index (χ1) is 4.29. The molecule has 0 saturated carbocycles. The minimum atomic E-state index is -0.390. The monoisotopic (exact) mass is 125 g/mol. The third kappa shape index (κ3) is 1.60. The van der Waals surface area contributed by atoms with Gasteiger partial charge in [-0.3, -0.25) is 4.79 Å². The molecule has 9 heavy (non-hydrogen) atoms. The normalized spacial score (nSPS) is 9.00. The lowest BCUT2D eigenvalue weighted by Crippen LogP contribution is -1.99. The maximum atomic E-state index is 10.2. The van der Waals surface area contributed by atoms with Crippen LogP contribution in [0.1, 0.15) is 6.92 Å². The Balaban J connectivity index is 2.58. The summed E-state index contributed by atoms with van der Waals surface area (Å²) < 4.78 is 9.09. The van der Waals surface area contributed by atoms with Crippen molar-refractivity contribution in [3.05, 3.63) is 18.4 Å². The fraction of sp³-hybridized carbons (Fsp3) is 0.167. The second kappa shape index (κ2) is 2.35. The molecule has 0 N–H and O–H groups in total. The van der Waals surface area contributed by atoms with E-state index in [1.165, 1.54) is 19.1 Å². The summed E-state index contributed by atoms with van der Waals surface area (Å²) >= 11 is 0. The van der Waals surface area contributed by atoms with Crippen LogP contribution in [0.3, 0.4) is 0 Å². The molecular formula is C6H5O3. The molecule has 0 fully saturated rings. The van der Waals surface area contributed by atoms with Crippen molar-refractivity contribution in [2.75, 3.05) is 0 Å². The van der Waals surface area contributed by atoms with Gasteiger partial charge in [-0.1, -0.05) is 0 Å². The molecule has 47 valence electrons. The topological polar surface area (TPSA) is 39.4 Å². The van der Waals surface area contributed by atoms with Gasteiger partial charge < -0.3 is 9.15 Å². The summed E-state index contributed by atoms with van der Waals surface area (Å²) in [5.41, 5.74) is 0. The van der Waals surface area contributed by atoms with Gasteiger partial charge in [0.2, 0.25) is 0 Å². The predicted molar refractivity (Wildman–Crippen MR) is 28.9 cm³/mol. The SMILES string of the molecule is CC(=O)Oc1cc[c]o1. The second-order valence-electron chi connectivity index (χ2n) is 1.47. The largest absolute Gasteiger partial charge is 0.422 e. The standard InChI is InChI=1S/C6H5O3/c1-5(7)9-6-3-2-4-8-6/h2-3H,1H3. The van der Waals surface area contributed by atoms with Gasteiger partial charge in [-0.25, -0.2) is 0 Å². The van der Waals surface area contributed by atoms with Crippen LogP contribution in [0.25, 0.3) is 0 Å². The van der Waals surface area contributed by atoms with Gasteiger partial charge in [0.15, 0.2) is 6.26 Å². The maximum Gasteiger partial charge on any atom is 0.310 e. The number of esters is 1. The van der Waals surface area contributed by atoms with Gasteiger partial charge >= 0.3 is 5.97 Å². The number of hydrogen-bond donors (Lipinski definition) is 0. The number of furan rings is 1. The zero-order chi connectivity index (χ0) is 6.69. The summed E-state index contributed by atoms with van der Waals surface area (Å²) in [7, 11) is 0. The first-order valence-corrected chi connectivity index (χ1v) is 2.43. The molecule has 1 aromatic rings. The molecule has 0 atom stereocenters. The fourth-order valence-electron chi connectivity index (χ4n) is 0.425. The molecule has 1 aromatic heterocycles. The van der Waals surface area contributed by atoms with Gasteiger partial charge in [-0.05, 0) is 6.07 Å². The van der Waals surface area contributed by atoms with Gasteiger partial charge in [-0.2, -0.15) is 0 Å². The Bertz CT molecular complexity index is 188. The quantitative estimate of drug-likeness (QED) is 0.525. The van der Waals surface area contributed by atoms with E-state index in [0.717, 1.165) is 0 Å². The van der Waals surface area contributed by atoms with Crippen molar-refractivity contribution in [3.8, 4) is 5.95 Å². The highest BCUT2D eigenvalue weighted by molar-refractivity contribution is 5.68. The first kappa shape index (κ1) is 5.88. The predicted octanol–water partition coefficient (Wildman–Crippen LogP) is 1.01. The zero-order valence-corrected chi connectivity index (χ0v) is 4.88. The van der Waals surface area contributed by atoms with Crippen LogP contribution in [-0.2, 0) is 4.79 Å². The number of rotatable bonds is 1. The van der Waals surface area contributed by atoms with Crippen LogP contribution in [-0.4, -0.2) is 5.97 Å². The van der Waals surface area contributed by atoms with Crippen molar-refractivity contribution in [2.24, 2.45) is 0 Å². The molecule has 1 heterocycles. The number of carbonyl (C=O) groups excluding carboxylic acids is 1. The van der Waals surface area contributed by atoms with Crippen molar-refractivity contribution in [1.82, 2.24) is 0 Å². The highest BCUT2D eigenvalue weighted by Gasteiger charge is 1.97.